The number of carbonyl (C=O) groups excluding carboxylic acids is 2. The van der Waals surface area contributed by atoms with Gasteiger partial charge in [-0.05, 0) is 24.8 Å². The maximum atomic E-state index is 12.1. The van der Waals surface area contributed by atoms with Gasteiger partial charge in [0, 0.05) is 19.0 Å². The Labute approximate surface area is 118 Å². The SMILES string of the molecule is CCOC(=O)C1C2CCC(=O)N(Cc3ccccc3)C21. The van der Waals surface area contributed by atoms with Crippen LogP contribution in [0.4, 0.5) is 0 Å². The molecule has 1 aliphatic heterocycles. The molecule has 3 unspecified atom stereocenters. The van der Waals surface area contributed by atoms with Crippen molar-refractivity contribution in [2.24, 2.45) is 11.8 Å². The lowest BCUT2D eigenvalue weighted by Crippen LogP contribution is -2.37. The molecule has 0 aromatic heterocycles. The third-order valence-corrected chi connectivity index (χ3v) is 4.25. The van der Waals surface area contributed by atoms with E-state index in [2.05, 4.69) is 0 Å². The van der Waals surface area contributed by atoms with Crippen molar-refractivity contribution in [2.45, 2.75) is 32.4 Å². The van der Waals surface area contributed by atoms with Crippen LogP contribution in [0.5, 0.6) is 0 Å². The van der Waals surface area contributed by atoms with Gasteiger partial charge in [-0.15, -0.1) is 0 Å². The van der Waals surface area contributed by atoms with Crippen LogP contribution < -0.4 is 0 Å². The van der Waals surface area contributed by atoms with Crippen LogP contribution in [0.3, 0.4) is 0 Å². The summed E-state index contributed by atoms with van der Waals surface area (Å²) >= 11 is 0. The summed E-state index contributed by atoms with van der Waals surface area (Å²) in [5, 5.41) is 0. The molecule has 0 spiro atoms. The number of esters is 1. The van der Waals surface area contributed by atoms with E-state index in [-0.39, 0.29) is 23.8 Å². The maximum Gasteiger partial charge on any atom is 0.311 e. The normalized spacial score (nSPS) is 27.9. The molecule has 0 bridgehead atoms. The van der Waals surface area contributed by atoms with E-state index >= 15 is 0 Å². The average Bonchev–Trinajstić information content (AvgIpc) is 3.18. The van der Waals surface area contributed by atoms with Gasteiger partial charge < -0.3 is 9.64 Å². The van der Waals surface area contributed by atoms with Gasteiger partial charge in [0.15, 0.2) is 0 Å². The molecule has 1 aromatic rings. The predicted molar refractivity (Wildman–Crippen MR) is 73.6 cm³/mol. The minimum Gasteiger partial charge on any atom is -0.466 e. The summed E-state index contributed by atoms with van der Waals surface area (Å²) in [6.07, 6.45) is 1.36. The van der Waals surface area contributed by atoms with Gasteiger partial charge in [-0.3, -0.25) is 9.59 Å². The molecule has 4 heteroatoms. The highest BCUT2D eigenvalue weighted by molar-refractivity contribution is 5.84. The number of rotatable bonds is 4. The van der Waals surface area contributed by atoms with Gasteiger partial charge in [0.2, 0.25) is 5.91 Å². The zero-order valence-electron chi connectivity index (χ0n) is 11.6. The highest BCUT2D eigenvalue weighted by Gasteiger charge is 2.61. The van der Waals surface area contributed by atoms with Crippen molar-refractivity contribution in [1.82, 2.24) is 4.90 Å². The number of piperidine rings is 1. The topological polar surface area (TPSA) is 46.6 Å². The summed E-state index contributed by atoms with van der Waals surface area (Å²) < 4.78 is 5.11. The number of hydrogen-bond donors (Lipinski definition) is 0. The third kappa shape index (κ3) is 2.30. The second kappa shape index (κ2) is 5.27. The van der Waals surface area contributed by atoms with E-state index in [0.29, 0.717) is 25.5 Å². The number of benzene rings is 1. The van der Waals surface area contributed by atoms with Crippen LogP contribution in [0.1, 0.15) is 25.3 Å². The summed E-state index contributed by atoms with van der Waals surface area (Å²) in [4.78, 5) is 25.9. The third-order valence-electron chi connectivity index (χ3n) is 4.25. The quantitative estimate of drug-likeness (QED) is 0.788. The summed E-state index contributed by atoms with van der Waals surface area (Å²) in [6.45, 7) is 2.81. The average molecular weight is 273 g/mol. The summed E-state index contributed by atoms with van der Waals surface area (Å²) in [5.74, 6) is 0.206. The van der Waals surface area contributed by atoms with E-state index in [0.717, 1.165) is 12.0 Å². The molecular formula is C16H19NO3. The molecule has 4 nitrogen and oxygen atoms in total. The van der Waals surface area contributed by atoms with Crippen molar-refractivity contribution in [3.63, 3.8) is 0 Å². The Bertz CT molecular complexity index is 514. The van der Waals surface area contributed by atoms with Crippen molar-refractivity contribution >= 4 is 11.9 Å². The van der Waals surface area contributed by atoms with Crippen LogP contribution >= 0.6 is 0 Å². The fraction of sp³-hybridized carbons (Fsp3) is 0.500. The lowest BCUT2D eigenvalue weighted by molar-refractivity contribution is -0.145. The molecule has 0 N–H and O–H groups in total. The number of nitrogens with zero attached hydrogens (tertiary/aromatic N) is 1. The van der Waals surface area contributed by atoms with Crippen molar-refractivity contribution in [1.29, 1.82) is 0 Å². The fourth-order valence-corrected chi connectivity index (χ4v) is 3.26. The van der Waals surface area contributed by atoms with Crippen molar-refractivity contribution in [3.8, 4) is 0 Å². The Kier molecular flexibility index (Phi) is 3.47. The zero-order valence-corrected chi connectivity index (χ0v) is 11.6. The van der Waals surface area contributed by atoms with Crippen LogP contribution in [0.25, 0.3) is 0 Å². The first-order valence-electron chi connectivity index (χ1n) is 7.22. The summed E-state index contributed by atoms with van der Waals surface area (Å²) in [6, 6.07) is 9.98. The second-order valence-corrected chi connectivity index (χ2v) is 5.48. The molecule has 1 amide bonds. The van der Waals surface area contributed by atoms with Crippen LogP contribution in [0.2, 0.25) is 0 Å². The smallest absolute Gasteiger partial charge is 0.311 e. The highest BCUT2D eigenvalue weighted by atomic mass is 16.5. The number of hydrogen-bond acceptors (Lipinski definition) is 3. The molecule has 2 fully saturated rings. The van der Waals surface area contributed by atoms with E-state index in [9.17, 15) is 9.59 Å². The highest BCUT2D eigenvalue weighted by Crippen LogP contribution is 2.50. The molecule has 0 radical (unpaired) electrons. The van der Waals surface area contributed by atoms with Crippen molar-refractivity contribution in [2.75, 3.05) is 6.61 Å². The molecule has 1 saturated heterocycles. The minimum absolute atomic E-state index is 0.0514. The van der Waals surface area contributed by atoms with E-state index in [1.165, 1.54) is 0 Å². The number of carbonyl (C=O) groups is 2. The number of ether oxygens (including phenoxy) is 1. The monoisotopic (exact) mass is 273 g/mol. The standard InChI is InChI=1S/C16H19NO3/c1-2-20-16(19)14-12-8-9-13(18)17(15(12)14)10-11-6-4-3-5-7-11/h3-7,12,14-15H,2,8-10H2,1H3. The number of amides is 1. The van der Waals surface area contributed by atoms with Gasteiger partial charge in [-0.1, -0.05) is 30.3 Å². The van der Waals surface area contributed by atoms with Crippen molar-refractivity contribution < 1.29 is 14.3 Å². The largest absolute Gasteiger partial charge is 0.466 e. The van der Waals surface area contributed by atoms with Crippen LogP contribution in [-0.2, 0) is 20.9 Å². The van der Waals surface area contributed by atoms with Crippen LogP contribution in [0.15, 0.2) is 30.3 Å². The Morgan fingerprint density at radius 2 is 2.10 bits per heavy atom. The summed E-state index contributed by atoms with van der Waals surface area (Å²) in [7, 11) is 0. The fourth-order valence-electron chi connectivity index (χ4n) is 3.26. The lowest BCUT2D eigenvalue weighted by Gasteiger charge is -2.26. The summed E-state index contributed by atoms with van der Waals surface area (Å²) in [5.41, 5.74) is 1.11. The van der Waals surface area contributed by atoms with Gasteiger partial charge in [-0.2, -0.15) is 0 Å². The van der Waals surface area contributed by atoms with E-state index in [4.69, 9.17) is 4.74 Å². The molecule has 1 aliphatic carbocycles. The molecule has 2 aliphatic rings. The Balaban J connectivity index is 1.73. The second-order valence-electron chi connectivity index (χ2n) is 5.48. The van der Waals surface area contributed by atoms with Crippen LogP contribution in [-0.4, -0.2) is 29.4 Å². The van der Waals surface area contributed by atoms with E-state index < -0.39 is 0 Å². The van der Waals surface area contributed by atoms with E-state index in [1.54, 1.807) is 0 Å². The minimum atomic E-state index is -0.143. The Morgan fingerprint density at radius 3 is 2.80 bits per heavy atom. The van der Waals surface area contributed by atoms with Gasteiger partial charge in [0.1, 0.15) is 0 Å². The molecule has 3 atom stereocenters. The van der Waals surface area contributed by atoms with Gasteiger partial charge in [0.25, 0.3) is 0 Å². The molecule has 1 heterocycles. The molecule has 3 rings (SSSR count). The first kappa shape index (κ1) is 13.2. The lowest BCUT2D eigenvalue weighted by atomic mass is 10.1. The molecule has 20 heavy (non-hydrogen) atoms. The molecular weight excluding hydrogens is 254 g/mol. The Morgan fingerprint density at radius 1 is 1.35 bits per heavy atom. The van der Waals surface area contributed by atoms with Gasteiger partial charge in [0.05, 0.1) is 12.5 Å². The molecule has 1 saturated carbocycles. The maximum absolute atomic E-state index is 12.1. The molecule has 106 valence electrons. The van der Waals surface area contributed by atoms with Crippen LogP contribution in [0, 0.1) is 11.8 Å². The Hall–Kier alpha value is -1.84. The number of fused-ring (bicyclic) bond motifs is 1. The molecule has 1 aromatic carbocycles. The first-order valence-corrected chi connectivity index (χ1v) is 7.22. The van der Waals surface area contributed by atoms with Crippen molar-refractivity contribution in [3.05, 3.63) is 35.9 Å². The van der Waals surface area contributed by atoms with Gasteiger partial charge in [-0.25, -0.2) is 0 Å². The predicted octanol–water partition coefficient (Wildman–Crippen LogP) is 1.99. The zero-order chi connectivity index (χ0) is 14.1. The van der Waals surface area contributed by atoms with Gasteiger partial charge >= 0.3 is 5.97 Å². The number of likely N-dealkylation sites (tertiary alicyclic amines) is 1. The van der Waals surface area contributed by atoms with E-state index in [1.807, 2.05) is 42.2 Å². The first-order chi connectivity index (χ1) is 9.72.